The lowest BCUT2D eigenvalue weighted by molar-refractivity contribution is -0.158. The van der Waals surface area contributed by atoms with Crippen molar-refractivity contribution in [3.63, 3.8) is 0 Å². The third-order valence-corrected chi connectivity index (χ3v) is 3.51. The molecule has 0 aliphatic rings. The Balaban J connectivity index is 4.01. The zero-order valence-electron chi connectivity index (χ0n) is 11.8. The van der Waals surface area contributed by atoms with E-state index in [1.54, 1.807) is 0 Å². The van der Waals surface area contributed by atoms with E-state index in [0.717, 1.165) is 0 Å². The Kier molecular flexibility index (Phi) is 12.9. The summed E-state index contributed by atoms with van der Waals surface area (Å²) in [5.74, 6) is 5.18. The molecule has 0 bridgehead atoms. The number of rotatable bonds is 11. The van der Waals surface area contributed by atoms with Crippen molar-refractivity contribution < 1.29 is 23.8 Å². The number of ether oxygens (including phenoxy) is 3. The number of carbonyl (C=O) groups is 2. The normalized spacial score (nSPS) is 11.0. The molecule has 0 rings (SSSR count). The third-order valence-electron chi connectivity index (χ3n) is 1.89. The van der Waals surface area contributed by atoms with Crippen molar-refractivity contribution in [1.29, 1.82) is 0 Å². The molecule has 0 aliphatic carbocycles. The lowest BCUT2D eigenvalue weighted by atomic mass is 10.4. The summed E-state index contributed by atoms with van der Waals surface area (Å²) in [6.45, 7) is 0.102. The molecule has 21 heavy (non-hydrogen) atoms. The van der Waals surface area contributed by atoms with Crippen molar-refractivity contribution in [3.05, 3.63) is 0 Å². The van der Waals surface area contributed by atoms with Crippen LogP contribution >= 0.6 is 23.5 Å². The minimum atomic E-state index is -0.629. The van der Waals surface area contributed by atoms with Crippen LogP contribution in [-0.2, 0) is 23.8 Å². The van der Waals surface area contributed by atoms with Crippen LogP contribution in [0.3, 0.4) is 0 Å². The quantitative estimate of drug-likeness (QED) is 0.316. The molecule has 0 N–H and O–H groups in total. The van der Waals surface area contributed by atoms with Gasteiger partial charge < -0.3 is 14.2 Å². The number of hydrogen-bond donors (Lipinski definition) is 0. The minimum Gasteiger partial charge on any atom is -0.461 e. The molecule has 0 fully saturated rings. The SMILES string of the molecule is C#CCSCC(=O)OCC(COC)OC(=O)CSCC#C. The van der Waals surface area contributed by atoms with Gasteiger partial charge in [-0.25, -0.2) is 0 Å². The van der Waals surface area contributed by atoms with Gasteiger partial charge >= 0.3 is 11.9 Å². The van der Waals surface area contributed by atoms with E-state index in [-0.39, 0.29) is 24.7 Å². The van der Waals surface area contributed by atoms with Crippen molar-refractivity contribution in [2.24, 2.45) is 0 Å². The Hall–Kier alpha value is -1.28. The van der Waals surface area contributed by atoms with Gasteiger partial charge in [0, 0.05) is 7.11 Å². The van der Waals surface area contributed by atoms with E-state index in [9.17, 15) is 9.59 Å². The highest BCUT2D eigenvalue weighted by Gasteiger charge is 2.17. The van der Waals surface area contributed by atoms with Crippen LogP contribution in [0, 0.1) is 24.7 Å². The number of esters is 2. The Bertz CT molecular complexity index is 397. The molecular weight excluding hydrogens is 312 g/mol. The molecule has 0 saturated carbocycles. The van der Waals surface area contributed by atoms with Crippen LogP contribution in [0.2, 0.25) is 0 Å². The van der Waals surface area contributed by atoms with Crippen molar-refractivity contribution in [3.8, 4) is 24.7 Å². The Morgan fingerprint density at radius 3 is 2.14 bits per heavy atom. The van der Waals surface area contributed by atoms with E-state index in [1.807, 2.05) is 0 Å². The second kappa shape index (κ2) is 13.7. The van der Waals surface area contributed by atoms with Crippen LogP contribution in [-0.4, -0.2) is 61.4 Å². The molecule has 7 heteroatoms. The van der Waals surface area contributed by atoms with Gasteiger partial charge in [0.05, 0.1) is 29.6 Å². The summed E-state index contributed by atoms with van der Waals surface area (Å²) in [5, 5.41) is 0. The fourth-order valence-corrected chi connectivity index (χ4v) is 2.06. The summed E-state index contributed by atoms with van der Waals surface area (Å²) >= 11 is 2.56. The summed E-state index contributed by atoms with van der Waals surface area (Å²) in [5.41, 5.74) is 0. The molecule has 1 atom stereocenters. The van der Waals surface area contributed by atoms with Gasteiger partial charge in [-0.15, -0.1) is 36.4 Å². The van der Waals surface area contributed by atoms with Crippen molar-refractivity contribution in [2.75, 3.05) is 43.3 Å². The lowest BCUT2D eigenvalue weighted by Crippen LogP contribution is -2.30. The topological polar surface area (TPSA) is 61.8 Å². The third kappa shape index (κ3) is 12.2. The van der Waals surface area contributed by atoms with Crippen LogP contribution in [0.1, 0.15) is 0 Å². The summed E-state index contributed by atoms with van der Waals surface area (Å²) in [6, 6.07) is 0. The number of carbonyl (C=O) groups excluding carboxylic acids is 2. The van der Waals surface area contributed by atoms with Gasteiger partial charge in [0.1, 0.15) is 6.61 Å². The minimum absolute atomic E-state index is 0.0468. The number of hydrogen-bond acceptors (Lipinski definition) is 7. The first-order chi connectivity index (χ1) is 10.1. The van der Waals surface area contributed by atoms with E-state index in [0.29, 0.717) is 11.5 Å². The maximum absolute atomic E-state index is 11.5. The van der Waals surface area contributed by atoms with Crippen LogP contribution < -0.4 is 0 Å². The van der Waals surface area contributed by atoms with E-state index < -0.39 is 18.0 Å². The van der Waals surface area contributed by atoms with E-state index in [4.69, 9.17) is 27.1 Å². The van der Waals surface area contributed by atoms with Crippen LogP contribution in [0.5, 0.6) is 0 Å². The molecule has 5 nitrogen and oxygen atoms in total. The summed E-state index contributed by atoms with van der Waals surface area (Å²) in [6.07, 6.45) is 9.52. The first kappa shape index (κ1) is 19.7. The summed E-state index contributed by atoms with van der Waals surface area (Å²) in [4.78, 5) is 22.9. The smallest absolute Gasteiger partial charge is 0.316 e. The monoisotopic (exact) mass is 330 g/mol. The molecule has 0 heterocycles. The van der Waals surface area contributed by atoms with Crippen molar-refractivity contribution in [1.82, 2.24) is 0 Å². The Morgan fingerprint density at radius 1 is 1.05 bits per heavy atom. The molecule has 0 aromatic rings. The highest BCUT2D eigenvalue weighted by atomic mass is 32.2. The number of terminal acetylenes is 2. The molecule has 0 aliphatic heterocycles. The molecule has 0 spiro atoms. The van der Waals surface area contributed by atoms with Crippen molar-refractivity contribution in [2.45, 2.75) is 6.10 Å². The Morgan fingerprint density at radius 2 is 1.62 bits per heavy atom. The average Bonchev–Trinajstić information content (AvgIpc) is 2.45. The molecule has 0 aromatic carbocycles. The number of methoxy groups -OCH3 is 1. The predicted molar refractivity (Wildman–Crippen MR) is 85.0 cm³/mol. The van der Waals surface area contributed by atoms with Crippen LogP contribution in [0.4, 0.5) is 0 Å². The van der Waals surface area contributed by atoms with E-state index in [1.165, 1.54) is 30.6 Å². The van der Waals surface area contributed by atoms with Gasteiger partial charge in [-0.2, -0.15) is 0 Å². The molecule has 116 valence electrons. The van der Waals surface area contributed by atoms with Gasteiger partial charge in [-0.05, 0) is 0 Å². The largest absolute Gasteiger partial charge is 0.461 e. The van der Waals surface area contributed by atoms with Gasteiger partial charge in [-0.3, -0.25) is 9.59 Å². The zero-order chi connectivity index (χ0) is 15.9. The summed E-state index contributed by atoms with van der Waals surface area (Å²) in [7, 11) is 1.47. The van der Waals surface area contributed by atoms with Crippen LogP contribution in [0.15, 0.2) is 0 Å². The maximum Gasteiger partial charge on any atom is 0.316 e. The molecule has 0 aromatic heterocycles. The molecule has 0 radical (unpaired) electrons. The molecule has 1 unspecified atom stereocenters. The summed E-state index contributed by atoms with van der Waals surface area (Å²) < 4.78 is 15.1. The first-order valence-electron chi connectivity index (χ1n) is 6.00. The van der Waals surface area contributed by atoms with Gasteiger partial charge in [0.15, 0.2) is 6.10 Å². The fourth-order valence-electron chi connectivity index (χ4n) is 1.14. The highest BCUT2D eigenvalue weighted by molar-refractivity contribution is 8.00. The standard InChI is InChI=1S/C14H18O5S2/c1-4-6-20-10-13(15)18-9-12(8-17-3)19-14(16)11-21-7-5-2/h1-2,12H,6-11H2,3H3. The second-order valence-electron chi connectivity index (χ2n) is 3.64. The number of thioether (sulfide) groups is 2. The zero-order valence-corrected chi connectivity index (χ0v) is 13.5. The predicted octanol–water partition coefficient (Wildman–Crippen LogP) is 0.821. The van der Waals surface area contributed by atoms with E-state index in [2.05, 4.69) is 11.8 Å². The molecule has 0 saturated heterocycles. The molecule has 0 amide bonds. The second-order valence-corrected chi connectivity index (χ2v) is 5.62. The first-order valence-corrected chi connectivity index (χ1v) is 8.31. The van der Waals surface area contributed by atoms with Crippen LogP contribution in [0.25, 0.3) is 0 Å². The van der Waals surface area contributed by atoms with E-state index >= 15 is 0 Å². The Labute approximate surface area is 133 Å². The fraction of sp³-hybridized carbons (Fsp3) is 0.571. The highest BCUT2D eigenvalue weighted by Crippen LogP contribution is 2.04. The van der Waals surface area contributed by atoms with Gasteiger partial charge in [-0.1, -0.05) is 11.8 Å². The average molecular weight is 330 g/mol. The maximum atomic E-state index is 11.5. The lowest BCUT2D eigenvalue weighted by Gasteiger charge is -2.17. The molecular formula is C14H18O5S2. The van der Waals surface area contributed by atoms with Gasteiger partial charge in [0.25, 0.3) is 0 Å². The van der Waals surface area contributed by atoms with Gasteiger partial charge in [0.2, 0.25) is 0 Å². The van der Waals surface area contributed by atoms with Crippen molar-refractivity contribution >= 4 is 35.5 Å².